The molecule has 0 aromatic rings. The van der Waals surface area contributed by atoms with Gasteiger partial charge in [0.05, 0.1) is 0 Å². The lowest BCUT2D eigenvalue weighted by molar-refractivity contribution is -0.137. The summed E-state index contributed by atoms with van der Waals surface area (Å²) in [4.78, 5) is 17.3. The van der Waals surface area contributed by atoms with E-state index < -0.39 is 0 Å². The number of piperazine rings is 1. The summed E-state index contributed by atoms with van der Waals surface area (Å²) in [5.74, 6) is 1.56. The average Bonchev–Trinajstić information content (AvgIpc) is 2.88. The summed E-state index contributed by atoms with van der Waals surface area (Å²) in [6.45, 7) is 10.6. The predicted octanol–water partition coefficient (Wildman–Crippen LogP) is 2.08. The molecule has 1 amide bonds. The van der Waals surface area contributed by atoms with Crippen molar-refractivity contribution >= 4 is 5.91 Å². The minimum atomic E-state index is 0.358. The molecule has 0 aliphatic carbocycles. The van der Waals surface area contributed by atoms with Crippen LogP contribution in [-0.2, 0) is 4.79 Å². The third-order valence-electron chi connectivity index (χ3n) is 5.47. The molecule has 2 saturated heterocycles. The van der Waals surface area contributed by atoms with E-state index in [0.29, 0.717) is 36.2 Å². The number of nitrogens with two attached hydrogens (primary N) is 1. The van der Waals surface area contributed by atoms with E-state index >= 15 is 0 Å². The van der Waals surface area contributed by atoms with Crippen LogP contribution < -0.4 is 5.73 Å². The largest absolute Gasteiger partial charge is 0.337 e. The normalized spacial score (nSPS) is 28.0. The Morgan fingerprint density at radius 3 is 2.71 bits per heavy atom. The number of amides is 1. The second-order valence-electron chi connectivity index (χ2n) is 7.31. The van der Waals surface area contributed by atoms with E-state index in [1.54, 1.807) is 0 Å². The van der Waals surface area contributed by atoms with E-state index in [-0.39, 0.29) is 0 Å². The van der Waals surface area contributed by atoms with Gasteiger partial charge in [0.25, 0.3) is 0 Å². The highest BCUT2D eigenvalue weighted by atomic mass is 16.2. The maximum Gasteiger partial charge on any atom is 0.222 e. The topological polar surface area (TPSA) is 49.6 Å². The molecule has 2 rings (SSSR count). The summed E-state index contributed by atoms with van der Waals surface area (Å²) in [5.41, 5.74) is 5.70. The van der Waals surface area contributed by atoms with E-state index in [1.807, 2.05) is 0 Å². The molecule has 2 aliphatic heterocycles. The highest BCUT2D eigenvalue weighted by Gasteiger charge is 2.36. The molecule has 3 atom stereocenters. The summed E-state index contributed by atoms with van der Waals surface area (Å²) in [6, 6.07) is 0.994. The van der Waals surface area contributed by atoms with E-state index in [1.165, 1.54) is 19.4 Å². The Kier molecular flexibility index (Phi) is 6.06. The van der Waals surface area contributed by atoms with Crippen molar-refractivity contribution in [3.8, 4) is 0 Å². The number of nitrogens with zero attached hydrogens (tertiary/aromatic N) is 2. The van der Waals surface area contributed by atoms with Gasteiger partial charge in [-0.05, 0) is 57.5 Å². The van der Waals surface area contributed by atoms with Gasteiger partial charge in [-0.1, -0.05) is 13.8 Å². The highest BCUT2D eigenvalue weighted by Crippen LogP contribution is 2.26. The van der Waals surface area contributed by atoms with Crippen molar-refractivity contribution in [2.75, 3.05) is 26.2 Å². The Balaban J connectivity index is 1.84. The molecule has 0 spiro atoms. The van der Waals surface area contributed by atoms with Crippen LogP contribution in [0.4, 0.5) is 0 Å². The van der Waals surface area contributed by atoms with Crippen LogP contribution in [0.2, 0.25) is 0 Å². The number of carbonyl (C=O) groups excluding carboxylic acids is 1. The first-order valence-electron chi connectivity index (χ1n) is 8.76. The first-order valence-corrected chi connectivity index (χ1v) is 8.76. The molecule has 0 radical (unpaired) electrons. The van der Waals surface area contributed by atoms with Gasteiger partial charge in [0.2, 0.25) is 5.91 Å². The van der Waals surface area contributed by atoms with Gasteiger partial charge in [-0.2, -0.15) is 0 Å². The first-order chi connectivity index (χ1) is 10.0. The molecule has 4 nitrogen and oxygen atoms in total. The number of fused-ring (bicyclic) bond motifs is 1. The third-order valence-corrected chi connectivity index (χ3v) is 5.47. The van der Waals surface area contributed by atoms with Crippen molar-refractivity contribution in [3.63, 3.8) is 0 Å². The van der Waals surface area contributed by atoms with Crippen LogP contribution in [0.5, 0.6) is 0 Å². The highest BCUT2D eigenvalue weighted by molar-refractivity contribution is 5.76. The average molecular weight is 295 g/mol. The quantitative estimate of drug-likeness (QED) is 0.816. The van der Waals surface area contributed by atoms with Crippen molar-refractivity contribution in [2.45, 2.75) is 65.0 Å². The van der Waals surface area contributed by atoms with Crippen LogP contribution in [-0.4, -0.2) is 54.0 Å². The van der Waals surface area contributed by atoms with Crippen LogP contribution in [0.3, 0.4) is 0 Å². The molecule has 3 unspecified atom stereocenters. The number of carbonyl (C=O) groups is 1. The first kappa shape index (κ1) is 16.8. The third kappa shape index (κ3) is 4.19. The van der Waals surface area contributed by atoms with Crippen LogP contribution in [0.15, 0.2) is 0 Å². The number of hydrogen-bond acceptors (Lipinski definition) is 3. The molecule has 0 aromatic carbocycles. The second kappa shape index (κ2) is 7.59. The minimum absolute atomic E-state index is 0.358. The zero-order chi connectivity index (χ0) is 15.4. The second-order valence-corrected chi connectivity index (χ2v) is 7.31. The fourth-order valence-electron chi connectivity index (χ4n) is 4.01. The zero-order valence-electron chi connectivity index (χ0n) is 14.1. The lowest BCUT2D eigenvalue weighted by Crippen LogP contribution is -2.56. The summed E-state index contributed by atoms with van der Waals surface area (Å²) < 4.78 is 0. The Morgan fingerprint density at radius 1 is 1.29 bits per heavy atom. The summed E-state index contributed by atoms with van der Waals surface area (Å²) in [6.07, 6.45) is 5.28. The van der Waals surface area contributed by atoms with Crippen LogP contribution in [0.25, 0.3) is 0 Å². The molecule has 2 aliphatic rings. The molecule has 2 heterocycles. The molecule has 4 heteroatoms. The van der Waals surface area contributed by atoms with Gasteiger partial charge < -0.3 is 10.6 Å². The molecule has 2 N–H and O–H groups in total. The van der Waals surface area contributed by atoms with Gasteiger partial charge in [-0.25, -0.2) is 0 Å². The lowest BCUT2D eigenvalue weighted by atomic mass is 9.88. The van der Waals surface area contributed by atoms with Gasteiger partial charge in [0.15, 0.2) is 0 Å². The Bertz CT molecular complexity index is 345. The Labute approximate surface area is 130 Å². The number of hydrogen-bond donors (Lipinski definition) is 1. The van der Waals surface area contributed by atoms with Crippen molar-refractivity contribution < 1.29 is 4.79 Å². The molecule has 0 bridgehead atoms. The number of rotatable bonds is 6. The van der Waals surface area contributed by atoms with Crippen molar-refractivity contribution in [1.29, 1.82) is 0 Å². The van der Waals surface area contributed by atoms with Crippen molar-refractivity contribution in [1.82, 2.24) is 9.80 Å². The van der Waals surface area contributed by atoms with Gasteiger partial charge in [0, 0.05) is 31.6 Å². The maximum absolute atomic E-state index is 12.6. The van der Waals surface area contributed by atoms with Crippen molar-refractivity contribution in [3.05, 3.63) is 0 Å². The smallest absolute Gasteiger partial charge is 0.222 e. The summed E-state index contributed by atoms with van der Waals surface area (Å²) in [5, 5.41) is 0. The summed E-state index contributed by atoms with van der Waals surface area (Å²) in [7, 11) is 0. The van der Waals surface area contributed by atoms with E-state index in [4.69, 9.17) is 5.73 Å². The molecule has 2 fully saturated rings. The van der Waals surface area contributed by atoms with Gasteiger partial charge in [-0.15, -0.1) is 0 Å². The van der Waals surface area contributed by atoms with Gasteiger partial charge >= 0.3 is 0 Å². The van der Waals surface area contributed by atoms with E-state index in [2.05, 4.69) is 30.6 Å². The fourth-order valence-corrected chi connectivity index (χ4v) is 4.01. The van der Waals surface area contributed by atoms with Crippen LogP contribution in [0, 0.1) is 11.8 Å². The van der Waals surface area contributed by atoms with Crippen LogP contribution in [0.1, 0.15) is 52.9 Å². The Hall–Kier alpha value is -0.610. The zero-order valence-corrected chi connectivity index (χ0v) is 14.1. The monoisotopic (exact) mass is 295 g/mol. The molecule has 122 valence electrons. The van der Waals surface area contributed by atoms with E-state index in [9.17, 15) is 4.79 Å². The summed E-state index contributed by atoms with van der Waals surface area (Å²) >= 11 is 0. The predicted molar refractivity (Wildman–Crippen MR) is 87.0 cm³/mol. The van der Waals surface area contributed by atoms with Gasteiger partial charge in [0.1, 0.15) is 0 Å². The standard InChI is InChI=1S/C17H33N3O/c1-13(2)15(8-9-18)6-7-17(21)20-12-16-5-4-10-19(16)11-14(20)3/h13-16H,4-12,18H2,1-3H3. The SMILES string of the molecule is CC(C)C(CCN)CCC(=O)N1CC2CCCN2CC1C. The lowest BCUT2D eigenvalue weighted by Gasteiger charge is -2.42. The minimum Gasteiger partial charge on any atom is -0.337 e. The van der Waals surface area contributed by atoms with E-state index in [0.717, 1.165) is 32.5 Å². The maximum atomic E-state index is 12.6. The van der Waals surface area contributed by atoms with Crippen molar-refractivity contribution in [2.24, 2.45) is 17.6 Å². The molecule has 21 heavy (non-hydrogen) atoms. The molecular formula is C17H33N3O. The van der Waals surface area contributed by atoms with Gasteiger partial charge in [-0.3, -0.25) is 9.69 Å². The molecular weight excluding hydrogens is 262 g/mol. The Morgan fingerprint density at radius 2 is 2.05 bits per heavy atom. The molecule has 0 aromatic heterocycles. The molecule has 0 saturated carbocycles. The fraction of sp³-hybridized carbons (Fsp3) is 0.941. The van der Waals surface area contributed by atoms with Crippen LogP contribution >= 0.6 is 0 Å².